The van der Waals surface area contributed by atoms with E-state index in [-0.39, 0.29) is 0 Å². The van der Waals surface area contributed by atoms with Gasteiger partial charge in [-0.15, -0.1) is 0 Å². The fourth-order valence-electron chi connectivity index (χ4n) is 3.55. The summed E-state index contributed by atoms with van der Waals surface area (Å²) in [6.07, 6.45) is -4.86. The van der Waals surface area contributed by atoms with E-state index in [2.05, 4.69) is 4.74 Å². The number of rotatable bonds is 5. The Bertz CT molecular complexity index is 807. The highest BCUT2D eigenvalue weighted by atomic mass is 32.2. The summed E-state index contributed by atoms with van der Waals surface area (Å²) in [4.78, 5) is 34.4. The SMILES string of the molecule is CC(=O)OC1C2OS(=O)(=O)C3C2OC1C3C(=O)OC(C)(C)C(F)(F)C(=O)[O-]. The molecular weight excluding hydrogens is 398 g/mol. The second kappa shape index (κ2) is 5.82. The molecule has 6 atom stereocenters. The number of alkyl halides is 2. The fourth-order valence-corrected chi connectivity index (χ4v) is 5.38. The molecule has 0 aromatic heterocycles. The van der Waals surface area contributed by atoms with Crippen molar-refractivity contribution >= 4 is 28.0 Å². The lowest BCUT2D eigenvalue weighted by atomic mass is 9.84. The Kier molecular flexibility index (Phi) is 4.28. The summed E-state index contributed by atoms with van der Waals surface area (Å²) < 4.78 is 71.8. The summed E-state index contributed by atoms with van der Waals surface area (Å²) in [5.41, 5.74) is -2.84. The Hall–Kier alpha value is -1.86. The van der Waals surface area contributed by atoms with Crippen LogP contribution >= 0.6 is 0 Å². The second-order valence-electron chi connectivity index (χ2n) is 6.98. The number of carboxylic acids is 1. The zero-order valence-corrected chi connectivity index (χ0v) is 15.0. The predicted octanol–water partition coefficient (Wildman–Crippen LogP) is -1.88. The minimum Gasteiger partial charge on any atom is -0.544 e. The molecule has 3 saturated heterocycles. The number of aliphatic carboxylic acids is 1. The first kappa shape index (κ1) is 19.9. The van der Waals surface area contributed by atoms with Crippen molar-refractivity contribution in [1.29, 1.82) is 0 Å². The Labute approximate surface area is 151 Å². The van der Waals surface area contributed by atoms with Crippen molar-refractivity contribution in [2.24, 2.45) is 5.92 Å². The zero-order valence-electron chi connectivity index (χ0n) is 14.2. The number of halogens is 2. The second-order valence-corrected chi connectivity index (χ2v) is 8.70. The van der Waals surface area contributed by atoms with Gasteiger partial charge in [-0.1, -0.05) is 0 Å². The maximum atomic E-state index is 13.8. The number of esters is 2. The Morgan fingerprint density at radius 1 is 1.11 bits per heavy atom. The third-order valence-electron chi connectivity index (χ3n) is 4.84. The molecule has 3 heterocycles. The Balaban J connectivity index is 1.91. The molecular formula is C14H15F2O10S-. The van der Waals surface area contributed by atoms with E-state index in [1.165, 1.54) is 0 Å². The Morgan fingerprint density at radius 3 is 2.22 bits per heavy atom. The van der Waals surface area contributed by atoms with Crippen molar-refractivity contribution in [3.8, 4) is 0 Å². The van der Waals surface area contributed by atoms with Crippen LogP contribution in [0.15, 0.2) is 0 Å². The summed E-state index contributed by atoms with van der Waals surface area (Å²) in [6, 6.07) is 0. The summed E-state index contributed by atoms with van der Waals surface area (Å²) in [7, 11) is -4.33. The van der Waals surface area contributed by atoms with E-state index in [4.69, 9.17) is 13.7 Å². The third kappa shape index (κ3) is 2.79. The van der Waals surface area contributed by atoms with E-state index in [9.17, 15) is 36.7 Å². The monoisotopic (exact) mass is 413 g/mol. The van der Waals surface area contributed by atoms with Gasteiger partial charge in [-0.05, 0) is 13.8 Å². The quantitative estimate of drug-likeness (QED) is 0.371. The van der Waals surface area contributed by atoms with Gasteiger partial charge in [0, 0.05) is 6.92 Å². The van der Waals surface area contributed by atoms with Crippen LogP contribution in [0.3, 0.4) is 0 Å². The molecule has 3 aliphatic heterocycles. The van der Waals surface area contributed by atoms with Crippen molar-refractivity contribution in [2.75, 3.05) is 0 Å². The van der Waals surface area contributed by atoms with Crippen molar-refractivity contribution in [3.05, 3.63) is 0 Å². The molecule has 0 aromatic rings. The molecule has 0 N–H and O–H groups in total. The third-order valence-corrected chi connectivity index (χ3v) is 6.56. The molecule has 3 aliphatic rings. The summed E-state index contributed by atoms with van der Waals surface area (Å²) in [5, 5.41) is 9.11. The van der Waals surface area contributed by atoms with Crippen molar-refractivity contribution in [2.45, 2.75) is 62.0 Å². The van der Waals surface area contributed by atoms with Crippen LogP contribution in [-0.2, 0) is 42.9 Å². The maximum absolute atomic E-state index is 13.8. The van der Waals surface area contributed by atoms with Gasteiger partial charge in [-0.2, -0.15) is 17.2 Å². The molecule has 13 heteroatoms. The molecule has 2 bridgehead atoms. The van der Waals surface area contributed by atoms with Gasteiger partial charge in [0.2, 0.25) is 0 Å². The summed E-state index contributed by atoms with van der Waals surface area (Å²) >= 11 is 0. The highest BCUT2D eigenvalue weighted by Gasteiger charge is 2.74. The van der Waals surface area contributed by atoms with Gasteiger partial charge in [0.05, 0.1) is 0 Å². The van der Waals surface area contributed by atoms with Crippen LogP contribution in [-0.4, -0.2) is 67.5 Å². The highest BCUT2D eigenvalue weighted by Crippen LogP contribution is 2.52. The fraction of sp³-hybridized carbons (Fsp3) is 0.786. The molecule has 3 fully saturated rings. The highest BCUT2D eigenvalue weighted by molar-refractivity contribution is 7.87. The number of fused-ring (bicyclic) bond motifs is 1. The molecule has 27 heavy (non-hydrogen) atoms. The summed E-state index contributed by atoms with van der Waals surface area (Å²) in [5.74, 6) is -11.2. The lowest BCUT2D eigenvalue weighted by molar-refractivity contribution is -0.342. The molecule has 6 unspecified atom stereocenters. The van der Waals surface area contributed by atoms with Crippen LogP contribution in [0.1, 0.15) is 20.8 Å². The van der Waals surface area contributed by atoms with Gasteiger partial charge in [0.15, 0.2) is 11.7 Å². The number of hydrogen-bond acceptors (Lipinski definition) is 10. The summed E-state index contributed by atoms with van der Waals surface area (Å²) in [6.45, 7) is 2.32. The largest absolute Gasteiger partial charge is 0.544 e. The number of carbonyl (C=O) groups excluding carboxylic acids is 3. The number of ether oxygens (including phenoxy) is 3. The van der Waals surface area contributed by atoms with Crippen molar-refractivity contribution in [1.82, 2.24) is 0 Å². The van der Waals surface area contributed by atoms with Crippen LogP contribution in [0.2, 0.25) is 0 Å². The standard InChI is InChI=1S/C14H16F2O10S/c1-4(17)23-7-6-5(10-9(24-6)8(7)26-27(10,21)22)11(18)25-13(2,3)14(15,16)12(19)20/h5-10H,1-3H3,(H,19,20)/p-1. The first-order chi connectivity index (χ1) is 12.2. The average molecular weight is 413 g/mol. The maximum Gasteiger partial charge on any atom is 0.325 e. The average Bonchev–Trinajstić information content (AvgIpc) is 3.08. The first-order valence-electron chi connectivity index (χ1n) is 7.77. The van der Waals surface area contributed by atoms with Gasteiger partial charge >= 0.3 is 17.9 Å². The Morgan fingerprint density at radius 2 is 1.70 bits per heavy atom. The normalized spacial score (nSPS) is 36.5. The van der Waals surface area contributed by atoms with E-state index >= 15 is 0 Å². The molecule has 0 spiro atoms. The van der Waals surface area contributed by atoms with Crippen molar-refractivity contribution < 1.29 is 55.1 Å². The molecule has 0 aromatic carbocycles. The smallest absolute Gasteiger partial charge is 0.325 e. The van der Waals surface area contributed by atoms with Gasteiger partial charge in [-0.3, -0.25) is 13.8 Å². The topological polar surface area (TPSA) is 145 Å². The van der Waals surface area contributed by atoms with Gasteiger partial charge in [0.1, 0.15) is 35.4 Å². The van der Waals surface area contributed by atoms with E-state index < -0.39 is 75.1 Å². The molecule has 0 aliphatic carbocycles. The minimum absolute atomic E-state index is 0.640. The lowest BCUT2D eigenvalue weighted by Gasteiger charge is -2.36. The van der Waals surface area contributed by atoms with Crippen LogP contribution in [0.25, 0.3) is 0 Å². The van der Waals surface area contributed by atoms with Crippen molar-refractivity contribution in [3.63, 3.8) is 0 Å². The number of carbonyl (C=O) groups is 3. The molecule has 0 amide bonds. The molecule has 0 saturated carbocycles. The lowest BCUT2D eigenvalue weighted by Crippen LogP contribution is -2.59. The van der Waals surface area contributed by atoms with Gasteiger partial charge < -0.3 is 24.1 Å². The van der Waals surface area contributed by atoms with Gasteiger partial charge in [0.25, 0.3) is 10.1 Å². The number of hydrogen-bond donors (Lipinski definition) is 0. The van der Waals surface area contributed by atoms with E-state index in [0.717, 1.165) is 6.92 Å². The van der Waals surface area contributed by atoms with E-state index in [1.54, 1.807) is 0 Å². The molecule has 10 nitrogen and oxygen atoms in total. The van der Waals surface area contributed by atoms with Crippen LogP contribution < -0.4 is 5.11 Å². The van der Waals surface area contributed by atoms with E-state index in [1.807, 2.05) is 0 Å². The molecule has 152 valence electrons. The van der Waals surface area contributed by atoms with Crippen LogP contribution in [0.4, 0.5) is 8.78 Å². The van der Waals surface area contributed by atoms with Gasteiger partial charge in [-0.25, -0.2) is 0 Å². The zero-order chi connectivity index (χ0) is 20.5. The van der Waals surface area contributed by atoms with E-state index in [0.29, 0.717) is 13.8 Å². The minimum atomic E-state index is -4.55. The molecule has 0 radical (unpaired) electrons. The van der Waals surface area contributed by atoms with Crippen LogP contribution in [0.5, 0.6) is 0 Å². The number of carboxylic acid groups (broad SMARTS) is 1. The molecule has 3 rings (SSSR count). The predicted molar refractivity (Wildman–Crippen MR) is 75.4 cm³/mol. The van der Waals surface area contributed by atoms with Crippen LogP contribution in [0, 0.1) is 5.92 Å². The first-order valence-corrected chi connectivity index (χ1v) is 9.25.